The average Bonchev–Trinajstić information content (AvgIpc) is 2.72. The second kappa shape index (κ2) is 9.36. The summed E-state index contributed by atoms with van der Waals surface area (Å²) in [5.41, 5.74) is 6.70. The molecule has 0 unspecified atom stereocenters. The molecule has 0 bridgehead atoms. The molecule has 0 aromatic heterocycles. The molecule has 0 heterocycles. The summed E-state index contributed by atoms with van der Waals surface area (Å²) in [6, 6.07) is 19.5. The van der Waals surface area contributed by atoms with Crippen molar-refractivity contribution < 1.29 is 23.5 Å². The third-order valence-corrected chi connectivity index (χ3v) is 3.91. The summed E-state index contributed by atoms with van der Waals surface area (Å²) >= 11 is 0. The molecule has 0 radical (unpaired) electrons. The van der Waals surface area contributed by atoms with Crippen LogP contribution in [0, 0.1) is 5.82 Å². The number of halogens is 1. The second-order valence-corrected chi connectivity index (χ2v) is 6.15. The van der Waals surface area contributed by atoms with Gasteiger partial charge in [0.25, 0.3) is 11.8 Å². The summed E-state index contributed by atoms with van der Waals surface area (Å²) in [6.07, 6.45) is 0. The fraction of sp³-hybridized carbons (Fsp3) is 0.0909. The first-order valence-corrected chi connectivity index (χ1v) is 8.80. The molecule has 0 aliphatic carbocycles. The van der Waals surface area contributed by atoms with Gasteiger partial charge in [-0.15, -0.1) is 0 Å². The Morgan fingerprint density at radius 3 is 2.45 bits per heavy atom. The molecule has 2 amide bonds. The number of carbonyl (C=O) groups excluding carboxylic acids is 2. The quantitative estimate of drug-likeness (QED) is 0.612. The van der Waals surface area contributed by atoms with Crippen molar-refractivity contribution in [3.63, 3.8) is 0 Å². The molecule has 6 nitrogen and oxygen atoms in total. The van der Waals surface area contributed by atoms with E-state index in [2.05, 4.69) is 5.32 Å². The molecule has 0 saturated carbocycles. The van der Waals surface area contributed by atoms with Crippen LogP contribution in [0.25, 0.3) is 0 Å². The molecule has 3 N–H and O–H groups in total. The molecule has 148 valence electrons. The summed E-state index contributed by atoms with van der Waals surface area (Å²) in [7, 11) is 0. The minimum atomic E-state index is -0.633. The maximum Gasteiger partial charge on any atom is 0.259 e. The van der Waals surface area contributed by atoms with Gasteiger partial charge in [-0.3, -0.25) is 9.59 Å². The Hall–Kier alpha value is -3.87. The van der Waals surface area contributed by atoms with Crippen LogP contribution in [-0.4, -0.2) is 18.4 Å². The zero-order chi connectivity index (χ0) is 20.6. The van der Waals surface area contributed by atoms with Crippen molar-refractivity contribution in [3.05, 3.63) is 89.7 Å². The Balaban J connectivity index is 1.66. The van der Waals surface area contributed by atoms with Gasteiger partial charge < -0.3 is 20.5 Å². The van der Waals surface area contributed by atoms with Gasteiger partial charge in [0.15, 0.2) is 6.61 Å². The van der Waals surface area contributed by atoms with Gasteiger partial charge >= 0.3 is 0 Å². The van der Waals surface area contributed by atoms with Crippen molar-refractivity contribution >= 4 is 17.5 Å². The molecule has 0 spiro atoms. The van der Waals surface area contributed by atoms with Gasteiger partial charge in [-0.05, 0) is 42.0 Å². The van der Waals surface area contributed by atoms with Gasteiger partial charge in [-0.25, -0.2) is 4.39 Å². The van der Waals surface area contributed by atoms with Crippen LogP contribution in [0.4, 0.5) is 10.1 Å². The van der Waals surface area contributed by atoms with Crippen LogP contribution < -0.4 is 20.5 Å². The molecule has 3 aromatic rings. The lowest BCUT2D eigenvalue weighted by atomic mass is 10.2. The lowest BCUT2D eigenvalue weighted by molar-refractivity contribution is -0.119. The Morgan fingerprint density at radius 2 is 1.69 bits per heavy atom. The topological polar surface area (TPSA) is 90.7 Å². The van der Waals surface area contributed by atoms with Crippen molar-refractivity contribution in [1.82, 2.24) is 0 Å². The molecule has 0 atom stereocenters. The Morgan fingerprint density at radius 1 is 0.931 bits per heavy atom. The van der Waals surface area contributed by atoms with E-state index in [1.807, 2.05) is 0 Å². The largest absolute Gasteiger partial charge is 0.489 e. The Labute approximate surface area is 167 Å². The number of amides is 2. The monoisotopic (exact) mass is 394 g/mol. The number of nitrogens with two attached hydrogens (primary N) is 1. The van der Waals surface area contributed by atoms with Gasteiger partial charge in [0.05, 0.1) is 5.56 Å². The standard InChI is InChI=1S/C22H19FN2O4/c23-16-10-8-15(9-11-16)13-28-18-5-3-4-17(12-18)25-22(27)19-6-1-2-7-20(19)29-14-21(24)26/h1-12H,13-14H2,(H2,24,26)(H,25,27). The lowest BCUT2D eigenvalue weighted by Gasteiger charge is -2.12. The van der Waals surface area contributed by atoms with Crippen molar-refractivity contribution in [2.75, 3.05) is 11.9 Å². The number of hydrogen-bond donors (Lipinski definition) is 2. The third-order valence-electron chi connectivity index (χ3n) is 3.91. The normalized spacial score (nSPS) is 10.2. The molecule has 0 aliphatic rings. The lowest BCUT2D eigenvalue weighted by Crippen LogP contribution is -2.21. The smallest absolute Gasteiger partial charge is 0.259 e. The van der Waals surface area contributed by atoms with Gasteiger partial charge in [0, 0.05) is 11.8 Å². The molecular weight excluding hydrogens is 375 g/mol. The van der Waals surface area contributed by atoms with Crippen molar-refractivity contribution in [3.8, 4) is 11.5 Å². The highest BCUT2D eigenvalue weighted by Crippen LogP contribution is 2.22. The molecule has 0 saturated heterocycles. The van der Waals surface area contributed by atoms with E-state index in [4.69, 9.17) is 15.2 Å². The molecular formula is C22H19FN2O4. The number of benzene rings is 3. The van der Waals surface area contributed by atoms with Crippen LogP contribution in [0.1, 0.15) is 15.9 Å². The van der Waals surface area contributed by atoms with Gasteiger partial charge in [-0.1, -0.05) is 30.3 Å². The number of carbonyl (C=O) groups is 2. The summed E-state index contributed by atoms with van der Waals surface area (Å²) < 4.78 is 24.0. The van der Waals surface area contributed by atoms with Gasteiger partial charge in [0.2, 0.25) is 0 Å². The Kier molecular flexibility index (Phi) is 6.42. The highest BCUT2D eigenvalue weighted by atomic mass is 19.1. The van der Waals surface area contributed by atoms with Gasteiger partial charge in [0.1, 0.15) is 23.9 Å². The third kappa shape index (κ3) is 5.80. The average molecular weight is 394 g/mol. The zero-order valence-corrected chi connectivity index (χ0v) is 15.4. The second-order valence-electron chi connectivity index (χ2n) is 6.15. The SMILES string of the molecule is NC(=O)COc1ccccc1C(=O)Nc1cccc(OCc2ccc(F)cc2)c1. The van der Waals surface area contributed by atoms with Crippen LogP contribution in [0.3, 0.4) is 0 Å². The maximum atomic E-state index is 13.0. The molecule has 3 aromatic carbocycles. The minimum Gasteiger partial charge on any atom is -0.489 e. The summed E-state index contributed by atoms with van der Waals surface area (Å²) in [5.74, 6) is -0.538. The number of hydrogen-bond acceptors (Lipinski definition) is 4. The molecule has 7 heteroatoms. The molecule has 0 fully saturated rings. The number of anilines is 1. The van der Waals surface area contributed by atoms with Crippen LogP contribution in [0.15, 0.2) is 72.8 Å². The summed E-state index contributed by atoms with van der Waals surface area (Å²) in [4.78, 5) is 23.5. The van der Waals surface area contributed by atoms with Crippen LogP contribution >= 0.6 is 0 Å². The molecule has 29 heavy (non-hydrogen) atoms. The number of ether oxygens (including phenoxy) is 2. The molecule has 3 rings (SSSR count). The predicted molar refractivity (Wildman–Crippen MR) is 106 cm³/mol. The Bertz CT molecular complexity index is 1010. The first-order valence-electron chi connectivity index (χ1n) is 8.80. The van der Waals surface area contributed by atoms with Crippen LogP contribution in [0.5, 0.6) is 11.5 Å². The van der Waals surface area contributed by atoms with E-state index in [0.29, 0.717) is 11.4 Å². The van der Waals surface area contributed by atoms with E-state index in [-0.39, 0.29) is 30.3 Å². The number of primary amides is 1. The maximum absolute atomic E-state index is 13.0. The highest BCUT2D eigenvalue weighted by Gasteiger charge is 2.13. The first kappa shape index (κ1) is 19.9. The highest BCUT2D eigenvalue weighted by molar-refractivity contribution is 6.06. The van der Waals surface area contributed by atoms with E-state index in [9.17, 15) is 14.0 Å². The summed E-state index contributed by atoms with van der Waals surface area (Å²) in [5, 5.41) is 2.77. The van der Waals surface area contributed by atoms with Gasteiger partial charge in [-0.2, -0.15) is 0 Å². The van der Waals surface area contributed by atoms with E-state index in [1.165, 1.54) is 12.1 Å². The van der Waals surface area contributed by atoms with E-state index in [1.54, 1.807) is 60.7 Å². The fourth-order valence-corrected chi connectivity index (χ4v) is 2.54. The number of nitrogens with one attached hydrogen (secondary N) is 1. The van der Waals surface area contributed by atoms with Crippen LogP contribution in [-0.2, 0) is 11.4 Å². The minimum absolute atomic E-state index is 0.257. The molecule has 0 aliphatic heterocycles. The van der Waals surface area contributed by atoms with Crippen molar-refractivity contribution in [2.24, 2.45) is 5.73 Å². The van der Waals surface area contributed by atoms with E-state index >= 15 is 0 Å². The zero-order valence-electron chi connectivity index (χ0n) is 15.4. The first-order chi connectivity index (χ1) is 14.0. The van der Waals surface area contributed by atoms with E-state index < -0.39 is 11.8 Å². The number of rotatable bonds is 8. The van der Waals surface area contributed by atoms with Crippen molar-refractivity contribution in [1.29, 1.82) is 0 Å². The predicted octanol–water partition coefficient (Wildman–Crippen LogP) is 3.52. The summed E-state index contributed by atoms with van der Waals surface area (Å²) in [6.45, 7) is -0.0571. The van der Waals surface area contributed by atoms with Crippen LogP contribution in [0.2, 0.25) is 0 Å². The number of para-hydroxylation sites is 1. The fourth-order valence-electron chi connectivity index (χ4n) is 2.54. The van der Waals surface area contributed by atoms with Crippen molar-refractivity contribution in [2.45, 2.75) is 6.61 Å². The van der Waals surface area contributed by atoms with E-state index in [0.717, 1.165) is 5.56 Å².